The molecule has 0 aromatic heterocycles. The van der Waals surface area contributed by atoms with Crippen molar-refractivity contribution in [3.8, 4) is 11.5 Å². The molecule has 2 aromatic rings. The highest BCUT2D eigenvalue weighted by atomic mass is 16.5. The number of carbonyl (C=O) groups excluding carboxylic acids is 3. The molecule has 1 heterocycles. The van der Waals surface area contributed by atoms with Gasteiger partial charge in [-0.25, -0.2) is 9.69 Å². The Labute approximate surface area is 162 Å². The number of methoxy groups -OCH3 is 1. The molecule has 0 radical (unpaired) electrons. The zero-order valence-corrected chi connectivity index (χ0v) is 15.8. The van der Waals surface area contributed by atoms with Crippen molar-refractivity contribution in [3.05, 3.63) is 59.7 Å². The molecule has 0 aliphatic carbocycles. The number of ether oxygens (including phenoxy) is 2. The molecule has 0 atom stereocenters. The summed E-state index contributed by atoms with van der Waals surface area (Å²) in [5.41, 5.74) is 0.790. The first-order chi connectivity index (χ1) is 13.4. The second-order valence-electron chi connectivity index (χ2n) is 6.37. The predicted molar refractivity (Wildman–Crippen MR) is 104 cm³/mol. The molecule has 4 amide bonds. The summed E-state index contributed by atoms with van der Waals surface area (Å²) in [6.07, 6.45) is 1.39. The van der Waals surface area contributed by atoms with E-state index in [4.69, 9.17) is 9.47 Å². The molecule has 0 bridgehead atoms. The van der Waals surface area contributed by atoms with Crippen LogP contribution in [0.5, 0.6) is 11.5 Å². The number of anilines is 1. The number of carbonyl (C=O) groups is 3. The van der Waals surface area contributed by atoms with E-state index in [2.05, 4.69) is 5.32 Å². The molecule has 0 spiro atoms. The maximum Gasteiger partial charge on any atom is 0.335 e. The molecule has 144 valence electrons. The number of para-hydroxylation sites is 1. The van der Waals surface area contributed by atoms with Crippen molar-refractivity contribution < 1.29 is 23.9 Å². The van der Waals surface area contributed by atoms with Crippen molar-refractivity contribution in [1.82, 2.24) is 5.32 Å². The summed E-state index contributed by atoms with van der Waals surface area (Å²) in [6, 6.07) is 12.7. The minimum absolute atomic E-state index is 0.0331. The first kappa shape index (κ1) is 19.2. The Hall–Kier alpha value is -3.61. The fourth-order valence-electron chi connectivity index (χ4n) is 2.76. The van der Waals surface area contributed by atoms with E-state index in [1.807, 2.05) is 13.8 Å². The number of nitrogens with one attached hydrogen (secondary N) is 1. The molecule has 1 aliphatic rings. The van der Waals surface area contributed by atoms with Gasteiger partial charge in [-0.15, -0.1) is 0 Å². The first-order valence-electron chi connectivity index (χ1n) is 8.72. The highest BCUT2D eigenvalue weighted by molar-refractivity contribution is 6.39. The lowest BCUT2D eigenvalue weighted by atomic mass is 10.1. The number of benzene rings is 2. The van der Waals surface area contributed by atoms with Crippen LogP contribution in [-0.2, 0) is 9.59 Å². The molecule has 1 saturated heterocycles. The lowest BCUT2D eigenvalue weighted by Crippen LogP contribution is -2.54. The van der Waals surface area contributed by atoms with E-state index in [1.54, 1.807) is 48.5 Å². The number of hydrogen-bond acceptors (Lipinski definition) is 5. The van der Waals surface area contributed by atoms with Crippen molar-refractivity contribution in [2.24, 2.45) is 0 Å². The minimum atomic E-state index is -0.781. The van der Waals surface area contributed by atoms with Gasteiger partial charge in [-0.05, 0) is 49.8 Å². The van der Waals surface area contributed by atoms with Gasteiger partial charge < -0.3 is 9.47 Å². The number of rotatable bonds is 5. The quantitative estimate of drug-likeness (QED) is 0.636. The largest absolute Gasteiger partial charge is 0.493 e. The number of nitrogens with zero attached hydrogens (tertiary/aromatic N) is 1. The number of urea groups is 1. The highest BCUT2D eigenvalue weighted by Crippen LogP contribution is 2.30. The molecule has 7 nitrogen and oxygen atoms in total. The van der Waals surface area contributed by atoms with Gasteiger partial charge in [-0.1, -0.05) is 24.3 Å². The fraction of sp³-hybridized carbons (Fsp3) is 0.190. The van der Waals surface area contributed by atoms with Crippen molar-refractivity contribution in [1.29, 1.82) is 0 Å². The zero-order valence-electron chi connectivity index (χ0n) is 15.8. The summed E-state index contributed by atoms with van der Waals surface area (Å²) in [7, 11) is 1.51. The molecular formula is C21H20N2O5. The summed E-state index contributed by atoms with van der Waals surface area (Å²) >= 11 is 0. The lowest BCUT2D eigenvalue weighted by molar-refractivity contribution is -0.122. The SMILES string of the molecule is COc1cc(/C=C2\C(=O)NC(=O)N(c3ccccc3)C2=O)ccc1OC(C)C. The molecular weight excluding hydrogens is 360 g/mol. The van der Waals surface area contributed by atoms with Crippen LogP contribution in [0, 0.1) is 0 Å². The van der Waals surface area contributed by atoms with Gasteiger partial charge in [0.2, 0.25) is 0 Å². The summed E-state index contributed by atoms with van der Waals surface area (Å²) in [4.78, 5) is 38.2. The van der Waals surface area contributed by atoms with E-state index < -0.39 is 17.8 Å². The van der Waals surface area contributed by atoms with Crippen LogP contribution in [0.4, 0.5) is 10.5 Å². The van der Waals surface area contributed by atoms with Crippen LogP contribution in [0.3, 0.4) is 0 Å². The van der Waals surface area contributed by atoms with E-state index >= 15 is 0 Å². The normalized spacial score (nSPS) is 15.8. The average Bonchev–Trinajstić information content (AvgIpc) is 2.66. The van der Waals surface area contributed by atoms with E-state index in [9.17, 15) is 14.4 Å². The van der Waals surface area contributed by atoms with Gasteiger partial charge in [0.1, 0.15) is 5.57 Å². The lowest BCUT2D eigenvalue weighted by Gasteiger charge is -2.26. The molecule has 1 fully saturated rings. The smallest absolute Gasteiger partial charge is 0.335 e. The molecule has 1 aliphatic heterocycles. The van der Waals surface area contributed by atoms with Gasteiger partial charge in [0.25, 0.3) is 11.8 Å². The third-order valence-electron chi connectivity index (χ3n) is 3.98. The Bertz CT molecular complexity index is 951. The van der Waals surface area contributed by atoms with Crippen LogP contribution < -0.4 is 19.7 Å². The van der Waals surface area contributed by atoms with Crippen molar-refractivity contribution >= 4 is 29.6 Å². The van der Waals surface area contributed by atoms with Gasteiger partial charge in [0.05, 0.1) is 18.9 Å². The van der Waals surface area contributed by atoms with Crippen molar-refractivity contribution in [3.63, 3.8) is 0 Å². The fourth-order valence-corrected chi connectivity index (χ4v) is 2.76. The number of imide groups is 2. The molecule has 0 unspecified atom stereocenters. The average molecular weight is 380 g/mol. The molecule has 1 N–H and O–H groups in total. The van der Waals surface area contributed by atoms with Crippen molar-refractivity contribution in [2.45, 2.75) is 20.0 Å². The topological polar surface area (TPSA) is 84.9 Å². The first-order valence-corrected chi connectivity index (χ1v) is 8.72. The monoisotopic (exact) mass is 380 g/mol. The van der Waals surface area contributed by atoms with Crippen LogP contribution >= 0.6 is 0 Å². The molecule has 28 heavy (non-hydrogen) atoms. The Morgan fingerprint density at radius 2 is 1.71 bits per heavy atom. The number of hydrogen-bond donors (Lipinski definition) is 1. The third kappa shape index (κ3) is 3.88. The summed E-state index contributed by atoms with van der Waals surface area (Å²) in [5, 5.41) is 2.20. The van der Waals surface area contributed by atoms with E-state index in [0.717, 1.165) is 4.90 Å². The Balaban J connectivity index is 1.97. The Morgan fingerprint density at radius 1 is 1.00 bits per heavy atom. The van der Waals surface area contributed by atoms with Gasteiger partial charge in [0, 0.05) is 0 Å². The Morgan fingerprint density at radius 3 is 2.36 bits per heavy atom. The summed E-state index contributed by atoms with van der Waals surface area (Å²) in [5.74, 6) is -0.409. The second-order valence-corrected chi connectivity index (χ2v) is 6.37. The van der Waals surface area contributed by atoms with Gasteiger partial charge >= 0.3 is 6.03 Å². The van der Waals surface area contributed by atoms with Gasteiger partial charge in [-0.2, -0.15) is 0 Å². The highest BCUT2D eigenvalue weighted by Gasteiger charge is 2.36. The zero-order chi connectivity index (χ0) is 20.3. The maximum atomic E-state index is 12.8. The van der Waals surface area contributed by atoms with E-state index in [0.29, 0.717) is 22.7 Å². The maximum absolute atomic E-state index is 12.8. The molecule has 3 rings (SSSR count). The van der Waals surface area contributed by atoms with E-state index in [1.165, 1.54) is 13.2 Å². The van der Waals surface area contributed by atoms with Crippen LogP contribution in [-0.4, -0.2) is 31.1 Å². The van der Waals surface area contributed by atoms with E-state index in [-0.39, 0.29) is 11.7 Å². The number of amides is 4. The molecule has 2 aromatic carbocycles. The standard InChI is InChI=1S/C21H20N2O5/c1-13(2)28-17-10-9-14(12-18(17)27-3)11-16-19(24)22-21(26)23(20(16)25)15-7-5-4-6-8-15/h4-13H,1-3H3,(H,22,24,26)/b16-11+. The molecule has 7 heteroatoms. The number of barbiturate groups is 1. The summed E-state index contributed by atoms with van der Waals surface area (Å²) < 4.78 is 11.0. The minimum Gasteiger partial charge on any atom is -0.493 e. The van der Waals surface area contributed by atoms with Gasteiger partial charge in [-0.3, -0.25) is 14.9 Å². The Kier molecular flexibility index (Phi) is 5.44. The van der Waals surface area contributed by atoms with Crippen LogP contribution in [0.1, 0.15) is 19.4 Å². The van der Waals surface area contributed by atoms with Crippen LogP contribution in [0.25, 0.3) is 6.08 Å². The molecule has 0 saturated carbocycles. The second kappa shape index (κ2) is 7.96. The van der Waals surface area contributed by atoms with Gasteiger partial charge in [0.15, 0.2) is 11.5 Å². The van der Waals surface area contributed by atoms with Crippen molar-refractivity contribution in [2.75, 3.05) is 12.0 Å². The van der Waals surface area contributed by atoms with Crippen LogP contribution in [0.15, 0.2) is 54.1 Å². The predicted octanol–water partition coefficient (Wildman–Crippen LogP) is 3.15. The third-order valence-corrected chi connectivity index (χ3v) is 3.98. The van der Waals surface area contributed by atoms with Crippen LogP contribution in [0.2, 0.25) is 0 Å². The summed E-state index contributed by atoms with van der Waals surface area (Å²) in [6.45, 7) is 3.80.